The van der Waals surface area contributed by atoms with Gasteiger partial charge in [0.15, 0.2) is 0 Å². The van der Waals surface area contributed by atoms with Crippen molar-refractivity contribution in [1.82, 2.24) is 19.5 Å². The van der Waals surface area contributed by atoms with Crippen LogP contribution in [0.4, 0.5) is 0 Å². The molecule has 0 saturated heterocycles. The summed E-state index contributed by atoms with van der Waals surface area (Å²) in [5.74, 6) is 0.877. The third-order valence-electron chi connectivity index (χ3n) is 2.92. The molecule has 0 aliphatic heterocycles. The van der Waals surface area contributed by atoms with Crippen molar-refractivity contribution in [2.24, 2.45) is 0 Å². The predicted octanol–water partition coefficient (Wildman–Crippen LogP) is 2.77. The lowest BCUT2D eigenvalue weighted by atomic mass is 10.2. The van der Waals surface area contributed by atoms with Gasteiger partial charge in [0.2, 0.25) is 0 Å². The normalized spacial score (nSPS) is 10.9. The maximum atomic E-state index is 4.37. The Hall–Kier alpha value is -2.23. The Balaban J connectivity index is 2.11. The minimum Gasteiger partial charge on any atom is -0.283 e. The predicted molar refractivity (Wildman–Crippen MR) is 70.7 cm³/mol. The number of hydrogen-bond donors (Lipinski definition) is 0. The lowest BCUT2D eigenvalue weighted by molar-refractivity contribution is 0.860. The second-order valence-corrected chi connectivity index (χ2v) is 4.22. The van der Waals surface area contributed by atoms with E-state index in [0.29, 0.717) is 0 Å². The van der Waals surface area contributed by atoms with Gasteiger partial charge in [-0.25, -0.2) is 15.0 Å². The van der Waals surface area contributed by atoms with Crippen LogP contribution in [-0.4, -0.2) is 19.5 Å². The van der Waals surface area contributed by atoms with Gasteiger partial charge < -0.3 is 0 Å². The van der Waals surface area contributed by atoms with Crippen LogP contribution in [0.3, 0.4) is 0 Å². The van der Waals surface area contributed by atoms with Crippen molar-refractivity contribution in [3.05, 3.63) is 48.7 Å². The second-order valence-electron chi connectivity index (χ2n) is 4.22. The number of fused-ring (bicyclic) bond motifs is 1. The summed E-state index contributed by atoms with van der Waals surface area (Å²) in [5, 5.41) is 0. The van der Waals surface area contributed by atoms with Crippen LogP contribution >= 0.6 is 0 Å². The van der Waals surface area contributed by atoms with Crippen molar-refractivity contribution in [2.45, 2.75) is 19.8 Å². The molecule has 0 amide bonds. The summed E-state index contributed by atoms with van der Waals surface area (Å²) >= 11 is 0. The highest BCUT2D eigenvalue weighted by atomic mass is 15.1. The smallest absolute Gasteiger partial charge is 0.142 e. The molecule has 0 N–H and O–H groups in total. The number of nitrogens with zero attached hydrogens (tertiary/aromatic N) is 4. The quantitative estimate of drug-likeness (QED) is 0.704. The molecule has 0 bridgehead atoms. The zero-order chi connectivity index (χ0) is 12.4. The van der Waals surface area contributed by atoms with Crippen LogP contribution in [0.1, 0.15) is 19.0 Å². The molecule has 0 fully saturated rings. The lowest BCUT2D eigenvalue weighted by Crippen LogP contribution is -1.99. The Morgan fingerprint density at radius 2 is 2.00 bits per heavy atom. The highest BCUT2D eigenvalue weighted by Crippen LogP contribution is 2.16. The molecule has 0 unspecified atom stereocenters. The van der Waals surface area contributed by atoms with E-state index in [0.717, 1.165) is 35.4 Å². The fourth-order valence-electron chi connectivity index (χ4n) is 2.05. The number of benzene rings is 1. The van der Waals surface area contributed by atoms with Crippen LogP contribution in [0, 0.1) is 0 Å². The fourth-order valence-corrected chi connectivity index (χ4v) is 2.05. The highest BCUT2D eigenvalue weighted by molar-refractivity contribution is 5.76. The first kappa shape index (κ1) is 10.9. The molecule has 0 aliphatic carbocycles. The molecule has 0 aliphatic rings. The molecule has 0 atom stereocenters. The van der Waals surface area contributed by atoms with Gasteiger partial charge in [-0.05, 0) is 18.6 Å². The highest BCUT2D eigenvalue weighted by Gasteiger charge is 2.05. The van der Waals surface area contributed by atoms with Crippen molar-refractivity contribution < 1.29 is 0 Å². The molecule has 4 heteroatoms. The van der Waals surface area contributed by atoms with Crippen LogP contribution in [0.2, 0.25) is 0 Å². The monoisotopic (exact) mass is 238 g/mol. The summed E-state index contributed by atoms with van der Waals surface area (Å²) in [6.07, 6.45) is 5.49. The van der Waals surface area contributed by atoms with E-state index in [4.69, 9.17) is 0 Å². The summed E-state index contributed by atoms with van der Waals surface area (Å²) in [5.41, 5.74) is 3.12. The molecular formula is C14H14N4. The molecule has 3 aromatic rings. The number of aryl methyl sites for hydroxylation is 1. The SMILES string of the molecule is CCCc1cc(-n2cnc3ccccc32)ncn1. The number of para-hydroxylation sites is 2. The molecule has 2 aromatic heterocycles. The van der Waals surface area contributed by atoms with E-state index in [-0.39, 0.29) is 0 Å². The average Bonchev–Trinajstić information content (AvgIpc) is 2.83. The molecule has 1 aromatic carbocycles. The van der Waals surface area contributed by atoms with Gasteiger partial charge in [0.25, 0.3) is 0 Å². The van der Waals surface area contributed by atoms with Gasteiger partial charge in [0, 0.05) is 11.8 Å². The zero-order valence-corrected chi connectivity index (χ0v) is 10.2. The molecule has 3 rings (SSSR count). The minimum atomic E-state index is 0.877. The van der Waals surface area contributed by atoms with Crippen molar-refractivity contribution in [3.8, 4) is 5.82 Å². The Bertz CT molecular complexity index is 672. The Morgan fingerprint density at radius 1 is 1.11 bits per heavy atom. The third kappa shape index (κ3) is 1.86. The van der Waals surface area contributed by atoms with Gasteiger partial charge >= 0.3 is 0 Å². The summed E-state index contributed by atoms with van der Waals surface area (Å²) in [6.45, 7) is 2.15. The van der Waals surface area contributed by atoms with Crippen LogP contribution in [0.25, 0.3) is 16.9 Å². The van der Waals surface area contributed by atoms with E-state index in [9.17, 15) is 0 Å². The van der Waals surface area contributed by atoms with E-state index in [1.165, 1.54) is 0 Å². The summed E-state index contributed by atoms with van der Waals surface area (Å²) in [6, 6.07) is 10.1. The Morgan fingerprint density at radius 3 is 2.89 bits per heavy atom. The van der Waals surface area contributed by atoms with E-state index >= 15 is 0 Å². The van der Waals surface area contributed by atoms with Gasteiger partial charge in [-0.2, -0.15) is 0 Å². The van der Waals surface area contributed by atoms with Gasteiger partial charge in [-0.3, -0.25) is 4.57 Å². The molecule has 4 nitrogen and oxygen atoms in total. The molecule has 90 valence electrons. The van der Waals surface area contributed by atoms with Crippen molar-refractivity contribution in [1.29, 1.82) is 0 Å². The van der Waals surface area contributed by atoms with E-state index in [1.807, 2.05) is 41.2 Å². The van der Waals surface area contributed by atoms with E-state index in [1.54, 1.807) is 6.33 Å². The molecule has 0 saturated carbocycles. The van der Waals surface area contributed by atoms with Gasteiger partial charge in [0.05, 0.1) is 11.0 Å². The second kappa shape index (κ2) is 4.56. The van der Waals surface area contributed by atoms with Crippen molar-refractivity contribution in [2.75, 3.05) is 0 Å². The first-order chi connectivity index (χ1) is 8.88. The summed E-state index contributed by atoms with van der Waals surface area (Å²) in [4.78, 5) is 13.0. The largest absolute Gasteiger partial charge is 0.283 e. The topological polar surface area (TPSA) is 43.6 Å². The van der Waals surface area contributed by atoms with E-state index < -0.39 is 0 Å². The Kier molecular flexibility index (Phi) is 2.76. The zero-order valence-electron chi connectivity index (χ0n) is 10.2. The first-order valence-corrected chi connectivity index (χ1v) is 6.12. The van der Waals surface area contributed by atoms with Gasteiger partial charge in [-0.1, -0.05) is 25.5 Å². The molecule has 0 spiro atoms. The van der Waals surface area contributed by atoms with Crippen LogP contribution in [0.15, 0.2) is 43.0 Å². The molecule has 2 heterocycles. The summed E-state index contributed by atoms with van der Waals surface area (Å²) in [7, 11) is 0. The van der Waals surface area contributed by atoms with Gasteiger partial charge in [0.1, 0.15) is 18.5 Å². The van der Waals surface area contributed by atoms with Crippen LogP contribution in [-0.2, 0) is 6.42 Å². The maximum absolute atomic E-state index is 4.37. The number of hydrogen-bond acceptors (Lipinski definition) is 3. The number of rotatable bonds is 3. The Labute approximate surface area is 105 Å². The molecule has 18 heavy (non-hydrogen) atoms. The number of imidazole rings is 1. The standard InChI is InChI=1S/C14H14N4/c1-2-5-11-8-14(16-9-15-11)18-10-17-12-6-3-4-7-13(12)18/h3-4,6-10H,2,5H2,1H3. The first-order valence-electron chi connectivity index (χ1n) is 6.12. The maximum Gasteiger partial charge on any atom is 0.142 e. The molecular weight excluding hydrogens is 224 g/mol. The van der Waals surface area contributed by atoms with Crippen LogP contribution < -0.4 is 0 Å². The minimum absolute atomic E-state index is 0.877. The fraction of sp³-hybridized carbons (Fsp3) is 0.214. The molecule has 0 radical (unpaired) electrons. The van der Waals surface area contributed by atoms with Crippen molar-refractivity contribution in [3.63, 3.8) is 0 Å². The lowest BCUT2D eigenvalue weighted by Gasteiger charge is -2.04. The van der Waals surface area contributed by atoms with Crippen LogP contribution in [0.5, 0.6) is 0 Å². The average molecular weight is 238 g/mol. The third-order valence-corrected chi connectivity index (χ3v) is 2.92. The van der Waals surface area contributed by atoms with Gasteiger partial charge in [-0.15, -0.1) is 0 Å². The van der Waals surface area contributed by atoms with E-state index in [2.05, 4.69) is 21.9 Å². The number of aromatic nitrogens is 4. The summed E-state index contributed by atoms with van der Waals surface area (Å²) < 4.78 is 2.00. The van der Waals surface area contributed by atoms with Crippen molar-refractivity contribution >= 4 is 11.0 Å².